The fourth-order valence-corrected chi connectivity index (χ4v) is 4.84. The van der Waals surface area contributed by atoms with E-state index in [9.17, 15) is 13.2 Å². The van der Waals surface area contributed by atoms with Gasteiger partial charge in [0, 0.05) is 6.04 Å². The standard InChI is InChI=1S/C14H27NO4S/c1-4-8-15-12(5-2)10-20(17,18)11-14(6-7-14)9-13(16)19-3/h12,15H,4-11H2,1-3H3. The Labute approximate surface area is 122 Å². The second-order valence-electron chi connectivity index (χ2n) is 5.87. The Morgan fingerprint density at radius 2 is 2.00 bits per heavy atom. The summed E-state index contributed by atoms with van der Waals surface area (Å²) in [6.07, 6.45) is 3.62. The maximum atomic E-state index is 12.3. The van der Waals surface area contributed by atoms with Gasteiger partial charge in [-0.2, -0.15) is 0 Å². The first-order valence-electron chi connectivity index (χ1n) is 7.37. The number of ether oxygens (including phenoxy) is 1. The molecule has 20 heavy (non-hydrogen) atoms. The van der Waals surface area contributed by atoms with Gasteiger partial charge in [-0.05, 0) is 37.6 Å². The Bertz CT molecular complexity index is 415. The number of rotatable bonds is 10. The minimum Gasteiger partial charge on any atom is -0.469 e. The first-order chi connectivity index (χ1) is 9.36. The zero-order valence-electron chi connectivity index (χ0n) is 12.8. The van der Waals surface area contributed by atoms with Crippen molar-refractivity contribution >= 4 is 15.8 Å². The Kier molecular flexibility index (Phi) is 6.45. The van der Waals surface area contributed by atoms with Gasteiger partial charge in [0.05, 0.1) is 25.0 Å². The van der Waals surface area contributed by atoms with Crippen LogP contribution in [0.1, 0.15) is 46.0 Å². The fraction of sp³-hybridized carbons (Fsp3) is 0.929. The summed E-state index contributed by atoms with van der Waals surface area (Å²) in [6, 6.07) is 0.00822. The smallest absolute Gasteiger partial charge is 0.306 e. The molecule has 1 aliphatic carbocycles. The molecule has 0 bridgehead atoms. The maximum absolute atomic E-state index is 12.3. The first kappa shape index (κ1) is 17.4. The zero-order valence-corrected chi connectivity index (χ0v) is 13.6. The van der Waals surface area contributed by atoms with E-state index in [1.807, 2.05) is 6.92 Å². The highest BCUT2D eigenvalue weighted by Crippen LogP contribution is 2.50. The number of nitrogens with one attached hydrogen (secondary N) is 1. The molecular weight excluding hydrogens is 278 g/mol. The average molecular weight is 305 g/mol. The molecule has 1 rings (SSSR count). The predicted octanol–water partition coefficient (Wildman–Crippen LogP) is 1.52. The molecule has 0 radical (unpaired) electrons. The molecule has 1 saturated carbocycles. The van der Waals surface area contributed by atoms with Crippen molar-refractivity contribution in [2.24, 2.45) is 5.41 Å². The van der Waals surface area contributed by atoms with Gasteiger partial charge in [-0.15, -0.1) is 0 Å². The largest absolute Gasteiger partial charge is 0.469 e. The molecule has 0 amide bonds. The SMILES string of the molecule is CCCNC(CC)CS(=O)(=O)CC1(CC(=O)OC)CC1. The summed E-state index contributed by atoms with van der Waals surface area (Å²) in [5, 5.41) is 3.26. The summed E-state index contributed by atoms with van der Waals surface area (Å²) in [5.74, 6) is -0.0416. The van der Waals surface area contributed by atoms with Gasteiger partial charge >= 0.3 is 5.97 Å². The van der Waals surface area contributed by atoms with Crippen molar-refractivity contribution in [3.05, 3.63) is 0 Å². The lowest BCUT2D eigenvalue weighted by Gasteiger charge is -2.19. The van der Waals surface area contributed by atoms with Gasteiger partial charge in [-0.1, -0.05) is 13.8 Å². The van der Waals surface area contributed by atoms with Crippen LogP contribution in [0, 0.1) is 5.41 Å². The normalized spacial score (nSPS) is 18.6. The summed E-state index contributed by atoms with van der Waals surface area (Å²) in [6.45, 7) is 4.88. The zero-order chi connectivity index (χ0) is 15.2. The van der Waals surface area contributed by atoms with E-state index in [2.05, 4.69) is 17.0 Å². The average Bonchev–Trinajstić information content (AvgIpc) is 3.12. The van der Waals surface area contributed by atoms with E-state index in [-0.39, 0.29) is 35.4 Å². The van der Waals surface area contributed by atoms with Crippen LogP contribution in [-0.2, 0) is 19.4 Å². The quantitative estimate of drug-likeness (QED) is 0.620. The van der Waals surface area contributed by atoms with Crippen LogP contribution in [-0.4, -0.2) is 45.6 Å². The highest BCUT2D eigenvalue weighted by molar-refractivity contribution is 7.91. The van der Waals surface area contributed by atoms with Gasteiger partial charge in [-0.3, -0.25) is 4.79 Å². The van der Waals surface area contributed by atoms with Crippen molar-refractivity contribution in [3.8, 4) is 0 Å². The van der Waals surface area contributed by atoms with Crippen molar-refractivity contribution in [1.29, 1.82) is 0 Å². The van der Waals surface area contributed by atoms with Crippen LogP contribution in [0.5, 0.6) is 0 Å². The Balaban J connectivity index is 2.54. The van der Waals surface area contributed by atoms with E-state index in [1.54, 1.807) is 0 Å². The van der Waals surface area contributed by atoms with E-state index in [1.165, 1.54) is 7.11 Å². The van der Waals surface area contributed by atoms with Crippen LogP contribution >= 0.6 is 0 Å². The summed E-state index contributed by atoms with van der Waals surface area (Å²) in [5.41, 5.74) is -0.352. The maximum Gasteiger partial charge on any atom is 0.306 e. The van der Waals surface area contributed by atoms with Crippen LogP contribution in [0.15, 0.2) is 0 Å². The Morgan fingerprint density at radius 3 is 2.45 bits per heavy atom. The number of carbonyl (C=O) groups excluding carboxylic acids is 1. The number of methoxy groups -OCH3 is 1. The molecule has 1 aliphatic rings. The topological polar surface area (TPSA) is 72.5 Å². The summed E-state index contributed by atoms with van der Waals surface area (Å²) < 4.78 is 29.2. The van der Waals surface area contributed by atoms with Crippen molar-refractivity contribution < 1.29 is 17.9 Å². The fourth-order valence-electron chi connectivity index (χ4n) is 2.43. The molecule has 6 heteroatoms. The van der Waals surface area contributed by atoms with Gasteiger partial charge in [0.2, 0.25) is 0 Å². The Hall–Kier alpha value is -0.620. The molecular formula is C14H27NO4S. The third-order valence-electron chi connectivity index (χ3n) is 3.86. The van der Waals surface area contributed by atoms with Gasteiger partial charge in [0.25, 0.3) is 0 Å². The van der Waals surface area contributed by atoms with Crippen molar-refractivity contribution in [3.63, 3.8) is 0 Å². The second kappa shape index (κ2) is 7.41. The highest BCUT2D eigenvalue weighted by atomic mass is 32.2. The molecule has 1 N–H and O–H groups in total. The van der Waals surface area contributed by atoms with Gasteiger partial charge in [-0.25, -0.2) is 8.42 Å². The van der Waals surface area contributed by atoms with E-state index in [4.69, 9.17) is 0 Å². The van der Waals surface area contributed by atoms with Gasteiger partial charge in [0.1, 0.15) is 0 Å². The van der Waals surface area contributed by atoms with E-state index in [0.717, 1.165) is 32.2 Å². The predicted molar refractivity (Wildman–Crippen MR) is 79.3 cm³/mol. The molecule has 1 atom stereocenters. The molecule has 0 aliphatic heterocycles. The molecule has 5 nitrogen and oxygen atoms in total. The van der Waals surface area contributed by atoms with Crippen LogP contribution < -0.4 is 5.32 Å². The lowest BCUT2D eigenvalue weighted by molar-refractivity contribution is -0.141. The van der Waals surface area contributed by atoms with Crippen LogP contribution in [0.2, 0.25) is 0 Å². The number of hydrogen-bond donors (Lipinski definition) is 1. The molecule has 0 aromatic heterocycles. The van der Waals surface area contributed by atoms with E-state index < -0.39 is 9.84 Å². The highest BCUT2D eigenvalue weighted by Gasteiger charge is 2.48. The van der Waals surface area contributed by atoms with Crippen molar-refractivity contribution in [2.45, 2.75) is 52.0 Å². The summed E-state index contributed by atoms with van der Waals surface area (Å²) >= 11 is 0. The molecule has 0 aromatic carbocycles. The van der Waals surface area contributed by atoms with E-state index >= 15 is 0 Å². The minimum atomic E-state index is -3.14. The minimum absolute atomic E-state index is 0.00822. The summed E-state index contributed by atoms with van der Waals surface area (Å²) in [7, 11) is -1.80. The third-order valence-corrected chi connectivity index (χ3v) is 5.82. The number of sulfone groups is 1. The Morgan fingerprint density at radius 1 is 1.35 bits per heavy atom. The van der Waals surface area contributed by atoms with Crippen LogP contribution in [0.25, 0.3) is 0 Å². The van der Waals surface area contributed by atoms with Crippen LogP contribution in [0.3, 0.4) is 0 Å². The number of hydrogen-bond acceptors (Lipinski definition) is 5. The molecule has 118 valence electrons. The number of esters is 1. The number of carbonyl (C=O) groups is 1. The molecule has 1 unspecified atom stereocenters. The first-order valence-corrected chi connectivity index (χ1v) is 9.19. The molecule has 0 spiro atoms. The monoisotopic (exact) mass is 305 g/mol. The lowest BCUT2D eigenvalue weighted by atomic mass is 10.1. The van der Waals surface area contributed by atoms with Crippen LogP contribution in [0.4, 0.5) is 0 Å². The second-order valence-corrected chi connectivity index (χ2v) is 7.98. The molecule has 0 aromatic rings. The van der Waals surface area contributed by atoms with E-state index in [0.29, 0.717) is 0 Å². The van der Waals surface area contributed by atoms with Crippen molar-refractivity contribution in [2.75, 3.05) is 25.2 Å². The summed E-state index contributed by atoms with van der Waals surface area (Å²) in [4.78, 5) is 11.3. The lowest BCUT2D eigenvalue weighted by Crippen LogP contribution is -2.37. The van der Waals surface area contributed by atoms with Gasteiger partial charge < -0.3 is 10.1 Å². The molecule has 1 fully saturated rings. The van der Waals surface area contributed by atoms with Crippen molar-refractivity contribution in [1.82, 2.24) is 5.32 Å². The molecule has 0 heterocycles. The molecule has 0 saturated heterocycles. The van der Waals surface area contributed by atoms with Gasteiger partial charge in [0.15, 0.2) is 9.84 Å². The third kappa shape index (κ3) is 5.79.